The highest BCUT2D eigenvalue weighted by atomic mass is 16.7. The van der Waals surface area contributed by atoms with Crippen molar-refractivity contribution in [3.63, 3.8) is 0 Å². The summed E-state index contributed by atoms with van der Waals surface area (Å²) in [5, 5.41) is 19.2. The number of hydrogen-bond donors (Lipinski definition) is 2. The van der Waals surface area contributed by atoms with E-state index in [0.717, 1.165) is 63.7 Å². The topological polar surface area (TPSA) is 58.9 Å². The average Bonchev–Trinajstić information content (AvgIpc) is 2.52. The molecule has 0 saturated carbocycles. The van der Waals surface area contributed by atoms with Gasteiger partial charge in [0.05, 0.1) is 0 Å². The summed E-state index contributed by atoms with van der Waals surface area (Å²) in [5.74, 6) is -0.0311. The predicted molar refractivity (Wildman–Crippen MR) is 88.2 cm³/mol. The largest absolute Gasteiger partial charge is 0.504 e. The third-order valence-corrected chi connectivity index (χ3v) is 3.50. The molecular formula is C18H30O4. The molecule has 1 aromatic rings. The summed E-state index contributed by atoms with van der Waals surface area (Å²) in [6.45, 7) is 5.67. The van der Waals surface area contributed by atoms with Crippen LogP contribution in [-0.2, 0) is 15.9 Å². The number of unbranched alkanes of at least 4 members (excludes halogenated alkanes) is 2. The quantitative estimate of drug-likeness (QED) is 0.342. The smallest absolute Gasteiger partial charge is 0.160 e. The molecule has 0 amide bonds. The standard InChI is InChI=1S/C18H30O4/c1-3-13-21-17(22-14-4-2)12-7-5-6-9-15-10-8-11-16(19)18(15)20/h8,10-11,17,19-20H,3-7,9,12-14H2,1-2H3. The molecule has 0 spiro atoms. The summed E-state index contributed by atoms with van der Waals surface area (Å²) < 4.78 is 11.4. The Labute approximate surface area is 134 Å². The van der Waals surface area contributed by atoms with Gasteiger partial charge in [-0.3, -0.25) is 0 Å². The Morgan fingerprint density at radius 3 is 2.27 bits per heavy atom. The summed E-state index contributed by atoms with van der Waals surface area (Å²) in [6.07, 6.45) is 6.67. The van der Waals surface area contributed by atoms with Crippen molar-refractivity contribution in [2.45, 2.75) is 65.1 Å². The molecule has 0 aliphatic rings. The first kappa shape index (κ1) is 18.8. The van der Waals surface area contributed by atoms with Crippen molar-refractivity contribution in [3.8, 4) is 11.5 Å². The van der Waals surface area contributed by atoms with Gasteiger partial charge in [-0.25, -0.2) is 0 Å². The van der Waals surface area contributed by atoms with Crippen LogP contribution < -0.4 is 0 Å². The Kier molecular flexibility index (Phi) is 9.67. The highest BCUT2D eigenvalue weighted by Gasteiger charge is 2.09. The molecule has 0 radical (unpaired) electrons. The summed E-state index contributed by atoms with van der Waals surface area (Å²) >= 11 is 0. The van der Waals surface area contributed by atoms with Gasteiger partial charge in [-0.15, -0.1) is 0 Å². The van der Waals surface area contributed by atoms with Crippen LogP contribution in [0.1, 0.15) is 57.9 Å². The van der Waals surface area contributed by atoms with Crippen molar-refractivity contribution in [2.24, 2.45) is 0 Å². The third kappa shape index (κ3) is 7.14. The van der Waals surface area contributed by atoms with E-state index >= 15 is 0 Å². The van der Waals surface area contributed by atoms with Gasteiger partial charge in [-0.2, -0.15) is 0 Å². The van der Waals surface area contributed by atoms with Crippen LogP contribution in [0.25, 0.3) is 0 Å². The van der Waals surface area contributed by atoms with E-state index in [4.69, 9.17) is 9.47 Å². The lowest BCUT2D eigenvalue weighted by atomic mass is 10.0. The van der Waals surface area contributed by atoms with Gasteiger partial charge in [0, 0.05) is 13.2 Å². The monoisotopic (exact) mass is 310 g/mol. The number of benzene rings is 1. The molecule has 4 heteroatoms. The van der Waals surface area contributed by atoms with Gasteiger partial charge in [-0.05, 0) is 50.2 Å². The SMILES string of the molecule is CCCOC(CCCCCc1cccc(O)c1O)OCCC. The predicted octanol–water partition coefficient (Wildman–Crippen LogP) is 4.38. The third-order valence-electron chi connectivity index (χ3n) is 3.50. The Bertz CT molecular complexity index is 398. The second-order valence-corrected chi connectivity index (χ2v) is 5.56. The highest BCUT2D eigenvalue weighted by molar-refractivity contribution is 5.44. The summed E-state index contributed by atoms with van der Waals surface area (Å²) in [5.41, 5.74) is 0.806. The lowest BCUT2D eigenvalue weighted by molar-refractivity contribution is -0.146. The van der Waals surface area contributed by atoms with Crippen molar-refractivity contribution in [2.75, 3.05) is 13.2 Å². The van der Waals surface area contributed by atoms with E-state index in [1.807, 2.05) is 6.07 Å². The minimum Gasteiger partial charge on any atom is -0.504 e. The molecule has 0 saturated heterocycles. The molecule has 0 heterocycles. The van der Waals surface area contributed by atoms with Crippen LogP contribution in [0.4, 0.5) is 0 Å². The zero-order valence-corrected chi connectivity index (χ0v) is 13.9. The molecule has 0 unspecified atom stereocenters. The van der Waals surface area contributed by atoms with Gasteiger partial charge in [0.2, 0.25) is 0 Å². The molecular weight excluding hydrogens is 280 g/mol. The molecule has 2 N–H and O–H groups in total. The maximum Gasteiger partial charge on any atom is 0.160 e. The normalized spacial score (nSPS) is 11.2. The Balaban J connectivity index is 2.23. The van der Waals surface area contributed by atoms with Gasteiger partial charge < -0.3 is 19.7 Å². The molecule has 0 atom stereocenters. The van der Waals surface area contributed by atoms with Gasteiger partial charge in [0.25, 0.3) is 0 Å². The molecule has 0 aromatic heterocycles. The molecule has 1 aromatic carbocycles. The number of para-hydroxylation sites is 1. The van der Waals surface area contributed by atoms with E-state index in [1.165, 1.54) is 6.07 Å². The maximum atomic E-state index is 9.75. The molecule has 1 rings (SSSR count). The zero-order chi connectivity index (χ0) is 16.2. The fraction of sp³-hybridized carbons (Fsp3) is 0.667. The number of ether oxygens (including phenoxy) is 2. The average molecular weight is 310 g/mol. The minimum absolute atomic E-state index is 0.0120. The maximum absolute atomic E-state index is 9.75. The summed E-state index contributed by atoms with van der Waals surface area (Å²) in [7, 11) is 0. The van der Waals surface area contributed by atoms with Crippen LogP contribution in [0.5, 0.6) is 11.5 Å². The number of phenolic OH excluding ortho intramolecular Hbond substituents is 2. The van der Waals surface area contributed by atoms with E-state index < -0.39 is 0 Å². The van der Waals surface area contributed by atoms with Crippen LogP contribution in [0.3, 0.4) is 0 Å². The van der Waals surface area contributed by atoms with Gasteiger partial charge >= 0.3 is 0 Å². The Morgan fingerprint density at radius 2 is 1.64 bits per heavy atom. The fourth-order valence-corrected chi connectivity index (χ4v) is 2.30. The number of aryl methyl sites for hydroxylation is 1. The van der Waals surface area contributed by atoms with Crippen LogP contribution in [0.2, 0.25) is 0 Å². The van der Waals surface area contributed by atoms with Crippen molar-refractivity contribution >= 4 is 0 Å². The fourth-order valence-electron chi connectivity index (χ4n) is 2.30. The second-order valence-electron chi connectivity index (χ2n) is 5.56. The minimum atomic E-state index is -0.0888. The van der Waals surface area contributed by atoms with Crippen LogP contribution in [0.15, 0.2) is 18.2 Å². The van der Waals surface area contributed by atoms with E-state index in [0.29, 0.717) is 0 Å². The van der Waals surface area contributed by atoms with Crippen molar-refractivity contribution in [1.82, 2.24) is 0 Å². The second kappa shape index (κ2) is 11.3. The first-order valence-corrected chi connectivity index (χ1v) is 8.42. The van der Waals surface area contributed by atoms with Crippen LogP contribution in [0, 0.1) is 0 Å². The molecule has 0 fully saturated rings. The van der Waals surface area contributed by atoms with E-state index in [1.54, 1.807) is 6.07 Å². The number of hydrogen-bond acceptors (Lipinski definition) is 4. The zero-order valence-electron chi connectivity index (χ0n) is 13.9. The lowest BCUT2D eigenvalue weighted by Gasteiger charge is -2.18. The van der Waals surface area contributed by atoms with E-state index in [-0.39, 0.29) is 17.8 Å². The molecule has 4 nitrogen and oxygen atoms in total. The molecule has 22 heavy (non-hydrogen) atoms. The first-order chi connectivity index (χ1) is 10.7. The van der Waals surface area contributed by atoms with Crippen molar-refractivity contribution in [1.29, 1.82) is 0 Å². The summed E-state index contributed by atoms with van der Waals surface area (Å²) in [6, 6.07) is 5.11. The Hall–Kier alpha value is -1.26. The van der Waals surface area contributed by atoms with Gasteiger partial charge in [0.1, 0.15) is 0 Å². The number of aromatic hydroxyl groups is 2. The Morgan fingerprint density at radius 1 is 0.955 bits per heavy atom. The van der Waals surface area contributed by atoms with Crippen molar-refractivity contribution in [3.05, 3.63) is 23.8 Å². The van der Waals surface area contributed by atoms with Gasteiger partial charge in [0.15, 0.2) is 17.8 Å². The van der Waals surface area contributed by atoms with E-state index in [2.05, 4.69) is 13.8 Å². The van der Waals surface area contributed by atoms with E-state index in [9.17, 15) is 10.2 Å². The van der Waals surface area contributed by atoms with Gasteiger partial charge in [-0.1, -0.05) is 32.4 Å². The molecule has 0 aliphatic carbocycles. The van der Waals surface area contributed by atoms with Crippen LogP contribution in [-0.4, -0.2) is 29.7 Å². The van der Waals surface area contributed by atoms with Crippen molar-refractivity contribution < 1.29 is 19.7 Å². The first-order valence-electron chi connectivity index (χ1n) is 8.42. The number of phenols is 2. The lowest BCUT2D eigenvalue weighted by Crippen LogP contribution is -2.18. The molecule has 126 valence electrons. The number of rotatable bonds is 12. The molecule has 0 aliphatic heterocycles. The van der Waals surface area contributed by atoms with Crippen LogP contribution >= 0.6 is 0 Å². The highest BCUT2D eigenvalue weighted by Crippen LogP contribution is 2.29. The molecule has 0 bridgehead atoms. The summed E-state index contributed by atoms with van der Waals surface area (Å²) in [4.78, 5) is 0.